The van der Waals surface area contributed by atoms with Gasteiger partial charge in [0.2, 0.25) is 0 Å². The van der Waals surface area contributed by atoms with Crippen molar-refractivity contribution >= 4 is 34.6 Å². The molecule has 0 aliphatic heterocycles. The van der Waals surface area contributed by atoms with Crippen LogP contribution in [0.5, 0.6) is 0 Å². The summed E-state index contributed by atoms with van der Waals surface area (Å²) in [7, 11) is 0. The Morgan fingerprint density at radius 1 is 0.926 bits per heavy atom. The van der Waals surface area contributed by atoms with Crippen LogP contribution in [0, 0.1) is 26.0 Å². The number of aliphatic hydroxyl groups is 2. The molecule has 0 fully saturated rings. The Bertz CT molecular complexity index is 895. The number of rotatable bonds is 7. The van der Waals surface area contributed by atoms with Crippen LogP contribution in [0.4, 0.5) is 15.8 Å². The lowest BCUT2D eigenvalue weighted by molar-refractivity contribution is -0.385. The van der Waals surface area contributed by atoms with Gasteiger partial charge in [0.15, 0.2) is 0 Å². The van der Waals surface area contributed by atoms with E-state index in [1.165, 1.54) is 12.1 Å². The predicted molar refractivity (Wildman–Crippen MR) is 95.3 cm³/mol. The molecular formula is C16H13Cl2FN2O6. The third-order valence-corrected chi connectivity index (χ3v) is 4.51. The number of nitro groups is 2. The zero-order chi connectivity index (χ0) is 20.3. The molecule has 144 valence electrons. The second-order valence-electron chi connectivity index (χ2n) is 5.66. The average molecular weight is 419 g/mol. The molecule has 0 heterocycles. The lowest BCUT2D eigenvalue weighted by Crippen LogP contribution is -2.06. The summed E-state index contributed by atoms with van der Waals surface area (Å²) in [6.07, 6.45) is -2.89. The van der Waals surface area contributed by atoms with E-state index in [0.29, 0.717) is 0 Å². The third-order valence-electron chi connectivity index (χ3n) is 3.89. The van der Waals surface area contributed by atoms with Crippen molar-refractivity contribution in [1.29, 1.82) is 0 Å². The summed E-state index contributed by atoms with van der Waals surface area (Å²) < 4.78 is 14.0. The predicted octanol–water partition coefficient (Wildman–Crippen LogP) is 4.50. The molecule has 2 rings (SSSR count). The summed E-state index contributed by atoms with van der Waals surface area (Å²) in [5.41, 5.74) is -1.07. The minimum absolute atomic E-state index is 0.0875. The quantitative estimate of drug-likeness (QED) is 0.503. The van der Waals surface area contributed by atoms with E-state index in [9.17, 15) is 34.8 Å². The Kier molecular flexibility index (Phi) is 6.66. The summed E-state index contributed by atoms with van der Waals surface area (Å²) in [4.78, 5) is 20.3. The van der Waals surface area contributed by atoms with Crippen LogP contribution in [-0.4, -0.2) is 20.1 Å². The molecule has 2 N–H and O–H groups in total. The highest BCUT2D eigenvalue weighted by Crippen LogP contribution is 2.34. The highest BCUT2D eigenvalue weighted by molar-refractivity contribution is 6.33. The highest BCUT2D eigenvalue weighted by Gasteiger charge is 2.23. The number of hydrogen-bond donors (Lipinski definition) is 2. The lowest BCUT2D eigenvalue weighted by atomic mass is 9.98. The summed E-state index contributed by atoms with van der Waals surface area (Å²) in [5, 5.41) is 41.6. The summed E-state index contributed by atoms with van der Waals surface area (Å²) in [5.74, 6) is -0.922. The molecule has 2 unspecified atom stereocenters. The minimum Gasteiger partial charge on any atom is -0.388 e. The van der Waals surface area contributed by atoms with Crippen LogP contribution in [0.3, 0.4) is 0 Å². The average Bonchev–Trinajstić information content (AvgIpc) is 2.59. The fourth-order valence-corrected chi connectivity index (χ4v) is 2.87. The van der Waals surface area contributed by atoms with Crippen LogP contribution in [0.25, 0.3) is 0 Å². The van der Waals surface area contributed by atoms with Crippen LogP contribution in [0.15, 0.2) is 30.3 Å². The molecule has 2 aromatic carbocycles. The van der Waals surface area contributed by atoms with Gasteiger partial charge in [-0.3, -0.25) is 20.2 Å². The Morgan fingerprint density at radius 2 is 1.48 bits per heavy atom. The first-order valence-electron chi connectivity index (χ1n) is 7.55. The van der Waals surface area contributed by atoms with Crippen molar-refractivity contribution in [1.82, 2.24) is 0 Å². The first-order valence-corrected chi connectivity index (χ1v) is 8.30. The van der Waals surface area contributed by atoms with Gasteiger partial charge in [0.1, 0.15) is 15.9 Å². The number of benzene rings is 2. The van der Waals surface area contributed by atoms with Crippen molar-refractivity contribution < 1.29 is 24.5 Å². The molecule has 2 atom stereocenters. The Morgan fingerprint density at radius 3 is 2.07 bits per heavy atom. The zero-order valence-corrected chi connectivity index (χ0v) is 15.0. The number of nitro benzene ring substituents is 2. The van der Waals surface area contributed by atoms with Gasteiger partial charge in [-0.2, -0.15) is 0 Å². The molecule has 0 radical (unpaired) electrons. The highest BCUT2D eigenvalue weighted by atomic mass is 35.5. The summed E-state index contributed by atoms with van der Waals surface area (Å²) >= 11 is 11.3. The van der Waals surface area contributed by atoms with Crippen LogP contribution in [-0.2, 0) is 0 Å². The van der Waals surface area contributed by atoms with E-state index >= 15 is 0 Å². The van der Waals surface area contributed by atoms with Crippen LogP contribution in [0.1, 0.15) is 36.2 Å². The molecule has 0 aliphatic rings. The fourth-order valence-electron chi connectivity index (χ4n) is 2.46. The molecule has 0 bridgehead atoms. The molecule has 0 spiro atoms. The van der Waals surface area contributed by atoms with Crippen molar-refractivity contribution in [3.63, 3.8) is 0 Å². The van der Waals surface area contributed by atoms with Gasteiger partial charge in [0.05, 0.1) is 22.1 Å². The zero-order valence-electron chi connectivity index (χ0n) is 13.5. The van der Waals surface area contributed by atoms with E-state index in [4.69, 9.17) is 23.2 Å². The van der Waals surface area contributed by atoms with E-state index in [1.54, 1.807) is 0 Å². The van der Waals surface area contributed by atoms with Gasteiger partial charge >= 0.3 is 0 Å². The minimum atomic E-state index is -1.45. The molecule has 0 saturated heterocycles. The van der Waals surface area contributed by atoms with Crippen LogP contribution in [0.2, 0.25) is 10.0 Å². The van der Waals surface area contributed by atoms with E-state index in [2.05, 4.69) is 0 Å². The van der Waals surface area contributed by atoms with Crippen molar-refractivity contribution in [3.8, 4) is 0 Å². The molecule has 27 heavy (non-hydrogen) atoms. The number of halogens is 3. The van der Waals surface area contributed by atoms with Gasteiger partial charge in [-0.15, -0.1) is 0 Å². The van der Waals surface area contributed by atoms with E-state index < -0.39 is 38.6 Å². The largest absolute Gasteiger partial charge is 0.388 e. The fraction of sp³-hybridized carbons (Fsp3) is 0.250. The molecular weight excluding hydrogens is 406 g/mol. The first kappa shape index (κ1) is 21.0. The van der Waals surface area contributed by atoms with E-state index in [1.807, 2.05) is 0 Å². The first-order chi connectivity index (χ1) is 12.6. The molecule has 8 nitrogen and oxygen atoms in total. The molecule has 0 saturated carbocycles. The van der Waals surface area contributed by atoms with Crippen molar-refractivity contribution in [3.05, 3.63) is 77.5 Å². The van der Waals surface area contributed by atoms with Gasteiger partial charge in [-0.05, 0) is 30.5 Å². The van der Waals surface area contributed by atoms with E-state index in [-0.39, 0.29) is 34.7 Å². The van der Waals surface area contributed by atoms with Gasteiger partial charge in [-0.1, -0.05) is 29.3 Å². The molecule has 0 amide bonds. The maximum atomic E-state index is 14.0. The summed E-state index contributed by atoms with van der Waals surface area (Å²) in [6, 6.07) is 5.32. The van der Waals surface area contributed by atoms with Crippen molar-refractivity contribution in [2.24, 2.45) is 0 Å². The van der Waals surface area contributed by atoms with Crippen LogP contribution < -0.4 is 0 Å². The molecule has 11 heteroatoms. The number of hydrogen-bond acceptors (Lipinski definition) is 6. The SMILES string of the molecule is O=[N+]([O-])c1cc(C(O)CCC(O)c2cc([N+](=O)[O-])c(Cl)cc2F)ccc1Cl. The monoisotopic (exact) mass is 418 g/mol. The Hall–Kier alpha value is -2.33. The maximum Gasteiger partial charge on any atom is 0.288 e. The molecule has 0 aliphatic carbocycles. The van der Waals surface area contributed by atoms with E-state index in [0.717, 1.165) is 18.2 Å². The maximum absolute atomic E-state index is 14.0. The van der Waals surface area contributed by atoms with Gasteiger partial charge in [-0.25, -0.2) is 4.39 Å². The van der Waals surface area contributed by atoms with Gasteiger partial charge in [0, 0.05) is 17.7 Å². The summed E-state index contributed by atoms with van der Waals surface area (Å²) in [6.45, 7) is 0. The molecule has 0 aromatic heterocycles. The number of nitrogens with zero attached hydrogens (tertiary/aromatic N) is 2. The van der Waals surface area contributed by atoms with Gasteiger partial charge < -0.3 is 10.2 Å². The normalized spacial score (nSPS) is 13.2. The Balaban J connectivity index is 2.15. The number of aliphatic hydroxyl groups excluding tert-OH is 2. The second-order valence-corrected chi connectivity index (χ2v) is 6.47. The van der Waals surface area contributed by atoms with Gasteiger partial charge in [0.25, 0.3) is 11.4 Å². The second kappa shape index (κ2) is 8.57. The molecule has 2 aromatic rings. The smallest absolute Gasteiger partial charge is 0.288 e. The van der Waals surface area contributed by atoms with Crippen LogP contribution >= 0.6 is 23.2 Å². The third kappa shape index (κ3) is 4.89. The lowest BCUT2D eigenvalue weighted by Gasteiger charge is -2.16. The van der Waals surface area contributed by atoms with Crippen molar-refractivity contribution in [2.75, 3.05) is 0 Å². The standard InChI is InChI=1S/C16H13Cl2FN2O6/c17-10-2-1-8(5-13(10)20(24)25)15(22)3-4-16(23)9-6-14(21(26)27)11(18)7-12(9)19/h1-2,5-7,15-16,22-23H,3-4H2. The topological polar surface area (TPSA) is 127 Å². The Labute approximate surface area is 162 Å². The van der Waals surface area contributed by atoms with Crippen molar-refractivity contribution in [2.45, 2.75) is 25.0 Å².